The Kier molecular flexibility index (Phi) is 29.1. The van der Waals surface area contributed by atoms with E-state index in [2.05, 4.69) is 13.2 Å². The molecule has 0 heterocycles. The Morgan fingerprint density at radius 2 is 0.621 bits per heavy atom. The van der Waals surface area contributed by atoms with Crippen molar-refractivity contribution in [1.29, 1.82) is 0 Å². The number of methoxy groups -OCH3 is 2. The Hall–Kier alpha value is -9.30. The van der Waals surface area contributed by atoms with Crippen molar-refractivity contribution in [2.75, 3.05) is 80.3 Å². The van der Waals surface area contributed by atoms with Gasteiger partial charge in [0.2, 0.25) is 0 Å². The first-order valence-electron chi connectivity index (χ1n) is 28.6. The van der Waals surface area contributed by atoms with Crippen LogP contribution in [-0.2, 0) is 46.1 Å². The van der Waals surface area contributed by atoms with Crippen LogP contribution in [0.4, 0.5) is 0 Å². The van der Waals surface area contributed by atoms with Gasteiger partial charge in [0.1, 0.15) is 59.2 Å². The summed E-state index contributed by atoms with van der Waals surface area (Å²) in [5, 5.41) is 0. The van der Waals surface area contributed by atoms with Gasteiger partial charge in [-0.05, 0) is 171 Å². The minimum absolute atomic E-state index is 0.268. The zero-order chi connectivity index (χ0) is 61.9. The second-order valence-corrected chi connectivity index (χ2v) is 19.2. The maximum Gasteiger partial charge on any atom is 0.343 e. The molecule has 0 amide bonds. The minimum Gasteiger partial charge on any atom is -0.496 e. The second kappa shape index (κ2) is 37.9. The molecule has 19 heteroatoms. The Labute approximate surface area is 506 Å². The van der Waals surface area contributed by atoms with Crippen LogP contribution in [-0.4, -0.2) is 116 Å². The molecule has 0 saturated heterocycles. The van der Waals surface area contributed by atoms with Gasteiger partial charge in [-0.2, -0.15) is 0 Å². The maximum absolute atomic E-state index is 13.0. The predicted molar refractivity (Wildman–Crippen MR) is 322 cm³/mol. The molecule has 6 rings (SSSR count). The van der Waals surface area contributed by atoms with Crippen molar-refractivity contribution < 1.29 is 90.3 Å². The number of hydrogen-bond donors (Lipinski definition) is 0. The lowest BCUT2D eigenvalue weighted by molar-refractivity contribution is -0.138. The Morgan fingerprint density at radius 3 is 0.943 bits per heavy atom. The highest BCUT2D eigenvalue weighted by molar-refractivity contribution is 5.93. The smallest absolute Gasteiger partial charge is 0.343 e. The third-order valence-corrected chi connectivity index (χ3v) is 13.0. The van der Waals surface area contributed by atoms with Crippen molar-refractivity contribution in [3.05, 3.63) is 192 Å². The summed E-state index contributed by atoms with van der Waals surface area (Å²) < 4.78 is 71.5. The van der Waals surface area contributed by atoms with Gasteiger partial charge < -0.3 is 61.6 Å². The van der Waals surface area contributed by atoms with Crippen molar-refractivity contribution in [1.82, 2.24) is 0 Å². The Morgan fingerprint density at radius 1 is 0.333 bits per heavy atom. The molecule has 0 bridgehead atoms. The van der Waals surface area contributed by atoms with Crippen LogP contribution in [0.3, 0.4) is 0 Å². The number of carbonyl (C=O) groups excluding carboxylic acids is 6. The van der Waals surface area contributed by atoms with E-state index in [0.717, 1.165) is 87.5 Å². The molecule has 87 heavy (non-hydrogen) atoms. The zero-order valence-corrected chi connectivity index (χ0v) is 49.2. The van der Waals surface area contributed by atoms with Crippen LogP contribution >= 0.6 is 0 Å². The minimum atomic E-state index is -0.573. The Balaban J connectivity index is 0.756. The van der Waals surface area contributed by atoms with Gasteiger partial charge in [-0.3, -0.25) is 0 Å². The van der Waals surface area contributed by atoms with Gasteiger partial charge in [0.25, 0.3) is 0 Å². The molecule has 0 aliphatic heterocycles. The van der Waals surface area contributed by atoms with Crippen molar-refractivity contribution in [3.63, 3.8) is 0 Å². The molecule has 0 saturated carbocycles. The molecule has 6 aromatic carbocycles. The monoisotopic (exact) mass is 1190 g/mol. The number of hydrogen-bond acceptors (Lipinski definition) is 19. The van der Waals surface area contributed by atoms with E-state index < -0.39 is 35.8 Å². The van der Waals surface area contributed by atoms with Crippen molar-refractivity contribution in [3.8, 4) is 46.0 Å². The number of benzene rings is 6. The van der Waals surface area contributed by atoms with Crippen molar-refractivity contribution in [2.24, 2.45) is 0 Å². The summed E-state index contributed by atoms with van der Waals surface area (Å²) in [6.45, 7) is 10.2. The number of aryl methyl sites for hydroxylation is 2. The van der Waals surface area contributed by atoms with Crippen molar-refractivity contribution in [2.45, 2.75) is 64.2 Å². The molecule has 0 aliphatic carbocycles. The fourth-order valence-corrected chi connectivity index (χ4v) is 8.33. The molecule has 0 radical (unpaired) electrons. The summed E-state index contributed by atoms with van der Waals surface area (Å²) in [6.07, 6.45) is 10.9. The van der Waals surface area contributed by atoms with Gasteiger partial charge in [-0.15, -0.1) is 0 Å². The van der Waals surface area contributed by atoms with E-state index in [1.54, 1.807) is 87.0 Å². The number of unbranched alkanes of at least 4 members (excludes halogenated alkanes) is 6. The van der Waals surface area contributed by atoms with Gasteiger partial charge in [0.15, 0.2) is 0 Å². The van der Waals surface area contributed by atoms with Gasteiger partial charge in [0, 0.05) is 12.2 Å². The third kappa shape index (κ3) is 24.3. The van der Waals surface area contributed by atoms with Crippen LogP contribution in [0.15, 0.2) is 159 Å². The molecule has 0 N–H and O–H groups in total. The Bertz CT molecular complexity index is 2930. The molecule has 0 aliphatic rings. The molecule has 0 unspecified atom stereocenters. The van der Waals surface area contributed by atoms with Gasteiger partial charge in [-0.1, -0.05) is 51.0 Å². The van der Waals surface area contributed by atoms with Crippen LogP contribution in [0, 0.1) is 0 Å². The van der Waals surface area contributed by atoms with Gasteiger partial charge in [0.05, 0.1) is 89.3 Å². The molecule has 6 aromatic rings. The lowest BCUT2D eigenvalue weighted by atomic mass is 10.0. The quantitative estimate of drug-likeness (QED) is 0.0151. The molecule has 0 spiro atoms. The normalized spacial score (nSPS) is 10.7. The highest BCUT2D eigenvalue weighted by atomic mass is 16.6. The van der Waals surface area contributed by atoms with Crippen LogP contribution in [0.5, 0.6) is 46.0 Å². The molecular weight excluding hydrogens is 1120 g/mol. The summed E-state index contributed by atoms with van der Waals surface area (Å²) in [6, 6.07) is 35.7. The summed E-state index contributed by atoms with van der Waals surface area (Å²) in [5.41, 5.74) is 3.22. The number of rotatable bonds is 40. The topological polar surface area (TPSA) is 222 Å². The number of carbonyl (C=O) groups is 6. The molecule has 19 nitrogen and oxygen atoms in total. The van der Waals surface area contributed by atoms with Crippen LogP contribution in [0.1, 0.15) is 104 Å². The molecule has 460 valence electrons. The summed E-state index contributed by atoms with van der Waals surface area (Å²) in [5.74, 6) is 0.246. The average molecular weight is 1200 g/mol. The third-order valence-electron chi connectivity index (χ3n) is 13.0. The van der Waals surface area contributed by atoms with Crippen molar-refractivity contribution >= 4 is 35.8 Å². The first-order chi connectivity index (χ1) is 42.4. The van der Waals surface area contributed by atoms with E-state index in [4.69, 9.17) is 61.6 Å². The number of ether oxygens (including phenoxy) is 13. The lowest BCUT2D eigenvalue weighted by Crippen LogP contribution is -2.14. The standard InChI is InChI=1S/C68H74O19/c1-5-63(69)82-37-13-9-7-11-15-49-17-19-53(47-61(49)75-3)67(73)86-59-33-29-57(30-34-59)84-65(71)51-21-25-55(26-22-51)80-45-43-78-41-39-77-40-42-79-44-46-81-56-27-23-52(24-28-56)66(72)85-58-31-35-60(36-32-58)87-68(74)54-20-18-50(62(48-54)76-4)16-12-8-10-14-38-83-64(70)6-2/h5-6,17-36,47-48H,1-2,7-16,37-46H2,3-4H3. The van der Waals surface area contributed by atoms with Crippen LogP contribution in [0.25, 0.3) is 0 Å². The predicted octanol–water partition coefficient (Wildman–Crippen LogP) is 11.8. The van der Waals surface area contributed by atoms with E-state index in [1.165, 1.54) is 48.5 Å². The van der Waals surface area contributed by atoms with E-state index in [-0.39, 0.29) is 36.2 Å². The number of esters is 6. The van der Waals surface area contributed by atoms with E-state index in [0.29, 0.717) is 98.1 Å². The summed E-state index contributed by atoms with van der Waals surface area (Å²) in [7, 11) is 3.11. The fraction of sp³-hybridized carbons (Fsp3) is 0.324. The highest BCUT2D eigenvalue weighted by Gasteiger charge is 2.17. The molecular formula is C68H74O19. The van der Waals surface area contributed by atoms with E-state index >= 15 is 0 Å². The second-order valence-electron chi connectivity index (χ2n) is 19.2. The SMILES string of the molecule is C=CC(=O)OCCCCCCc1ccc(C(=O)Oc2ccc(OC(=O)c3ccc(OCCOCCOCCOCCOc4ccc(C(=O)Oc5ccc(OC(=O)c6ccc(CCCCCCOC(=O)C=C)c(OC)c6)cc5)cc4)cc3)cc2)cc1OC. The molecule has 0 aromatic heterocycles. The molecule has 0 atom stereocenters. The maximum atomic E-state index is 13.0. The van der Waals surface area contributed by atoms with E-state index in [9.17, 15) is 28.8 Å². The molecule has 0 fully saturated rings. The first kappa shape index (κ1) is 66.8. The van der Waals surface area contributed by atoms with Gasteiger partial charge in [-0.25, -0.2) is 28.8 Å². The fourth-order valence-electron chi connectivity index (χ4n) is 8.33. The first-order valence-corrected chi connectivity index (χ1v) is 28.6. The van der Waals surface area contributed by atoms with Crippen LogP contribution < -0.4 is 37.9 Å². The largest absolute Gasteiger partial charge is 0.496 e. The van der Waals surface area contributed by atoms with Gasteiger partial charge >= 0.3 is 35.8 Å². The van der Waals surface area contributed by atoms with Crippen LogP contribution in [0.2, 0.25) is 0 Å². The zero-order valence-electron chi connectivity index (χ0n) is 49.2. The summed E-state index contributed by atoms with van der Waals surface area (Å²) >= 11 is 0. The van der Waals surface area contributed by atoms with E-state index in [1.807, 2.05) is 12.1 Å². The highest BCUT2D eigenvalue weighted by Crippen LogP contribution is 2.28. The average Bonchev–Trinajstić information content (AvgIpc) is 3.63. The lowest BCUT2D eigenvalue weighted by Gasteiger charge is -2.11. The summed E-state index contributed by atoms with van der Waals surface area (Å²) in [4.78, 5) is 73.9.